The Labute approximate surface area is 199 Å². The van der Waals surface area contributed by atoms with Crippen molar-refractivity contribution in [3.63, 3.8) is 0 Å². The number of carbonyl (C=O) groups excluding carboxylic acids is 2. The molecule has 0 saturated carbocycles. The summed E-state index contributed by atoms with van der Waals surface area (Å²) >= 11 is 1.20. The number of benzene rings is 3. The Balaban J connectivity index is 1.25. The van der Waals surface area contributed by atoms with Crippen LogP contribution in [0.2, 0.25) is 0 Å². The topological polar surface area (TPSA) is 92.5 Å². The molecule has 1 aromatic heterocycles. The summed E-state index contributed by atoms with van der Waals surface area (Å²) in [5.74, 6) is 0.886. The smallest absolute Gasteiger partial charge is 0.316 e. The molecule has 2 heterocycles. The highest BCUT2D eigenvalue weighted by Crippen LogP contribution is 2.32. The zero-order chi connectivity index (χ0) is 23.3. The lowest BCUT2D eigenvalue weighted by atomic mass is 10.1. The van der Waals surface area contributed by atoms with Gasteiger partial charge in [0.15, 0.2) is 34.9 Å². The number of hydrogen-bond acceptors (Lipinski definition) is 8. The highest BCUT2D eigenvalue weighted by Gasteiger charge is 2.19. The van der Waals surface area contributed by atoms with E-state index in [0.29, 0.717) is 28.0 Å². The highest BCUT2D eigenvalue weighted by atomic mass is 32.2. The fraction of sp³-hybridized carbons (Fsp3) is 0.120. The minimum atomic E-state index is -0.525. The minimum Gasteiger partial charge on any atom is -0.457 e. The number of Topliss-reactive ketones (excluding diaryl/α,β-unsaturated/α-hetero) is 1. The Hall–Kier alpha value is -4.11. The van der Waals surface area contributed by atoms with Crippen molar-refractivity contribution in [3.8, 4) is 28.6 Å². The van der Waals surface area contributed by atoms with Gasteiger partial charge in [-0.3, -0.25) is 14.2 Å². The number of ketones is 1. The van der Waals surface area contributed by atoms with Gasteiger partial charge in [0.2, 0.25) is 6.79 Å². The molecule has 0 unspecified atom stereocenters. The molecule has 4 aromatic rings. The molecule has 0 N–H and O–H groups in total. The summed E-state index contributed by atoms with van der Waals surface area (Å²) in [7, 11) is 0. The fourth-order valence-corrected chi connectivity index (χ4v) is 4.16. The lowest BCUT2D eigenvalue weighted by Crippen LogP contribution is -2.15. The van der Waals surface area contributed by atoms with Crippen LogP contribution in [-0.4, -0.2) is 45.7 Å². The SMILES string of the molecule is O=C(CSc1nnc(-c2ccccc2)n1-c1ccccc1)OCC(=O)c1ccc2c(c1)OCO2. The molecule has 3 aromatic carbocycles. The van der Waals surface area contributed by atoms with Crippen LogP contribution in [0.4, 0.5) is 0 Å². The van der Waals surface area contributed by atoms with Crippen LogP contribution in [0.3, 0.4) is 0 Å². The van der Waals surface area contributed by atoms with E-state index in [0.717, 1.165) is 11.3 Å². The number of thioether (sulfide) groups is 1. The van der Waals surface area contributed by atoms with E-state index >= 15 is 0 Å². The molecule has 170 valence electrons. The number of aromatic nitrogens is 3. The summed E-state index contributed by atoms with van der Waals surface area (Å²) in [6.45, 7) is -0.238. The normalized spacial score (nSPS) is 11.9. The molecule has 0 fully saturated rings. The third-order valence-corrected chi connectivity index (χ3v) is 5.96. The summed E-state index contributed by atoms with van der Waals surface area (Å²) in [5, 5.41) is 9.18. The van der Waals surface area contributed by atoms with Gasteiger partial charge in [-0.2, -0.15) is 0 Å². The summed E-state index contributed by atoms with van der Waals surface area (Å²) in [6.07, 6.45) is 0. The van der Waals surface area contributed by atoms with E-state index < -0.39 is 5.97 Å². The third-order valence-electron chi connectivity index (χ3n) is 5.06. The molecule has 0 aliphatic carbocycles. The van der Waals surface area contributed by atoms with E-state index in [-0.39, 0.29) is 24.9 Å². The van der Waals surface area contributed by atoms with Gasteiger partial charge in [-0.1, -0.05) is 60.3 Å². The van der Waals surface area contributed by atoms with Crippen LogP contribution >= 0.6 is 11.8 Å². The van der Waals surface area contributed by atoms with Crippen molar-refractivity contribution in [3.05, 3.63) is 84.4 Å². The maximum atomic E-state index is 12.4. The molecule has 1 aliphatic rings. The van der Waals surface area contributed by atoms with E-state index in [1.807, 2.05) is 65.2 Å². The van der Waals surface area contributed by atoms with Crippen molar-refractivity contribution in [1.82, 2.24) is 14.8 Å². The van der Waals surface area contributed by atoms with Gasteiger partial charge in [0, 0.05) is 16.8 Å². The predicted octanol–water partition coefficient (Wildman–Crippen LogP) is 4.18. The van der Waals surface area contributed by atoms with E-state index in [2.05, 4.69) is 10.2 Å². The molecule has 9 heteroatoms. The van der Waals surface area contributed by atoms with Gasteiger partial charge >= 0.3 is 5.97 Å². The van der Waals surface area contributed by atoms with Crippen LogP contribution in [0, 0.1) is 0 Å². The molecule has 0 spiro atoms. The number of rotatable bonds is 8. The standard InChI is InChI=1S/C25H19N3O5S/c29-20(18-11-12-21-22(13-18)33-16-32-21)14-31-23(30)15-34-25-27-26-24(17-7-3-1-4-8-17)28(25)19-9-5-2-6-10-19/h1-13H,14-16H2. The van der Waals surface area contributed by atoms with Gasteiger partial charge in [0.05, 0.1) is 5.75 Å². The summed E-state index contributed by atoms with van der Waals surface area (Å²) in [4.78, 5) is 24.8. The van der Waals surface area contributed by atoms with Crippen LogP contribution in [0.15, 0.2) is 84.0 Å². The zero-order valence-electron chi connectivity index (χ0n) is 17.9. The van der Waals surface area contributed by atoms with Gasteiger partial charge in [-0.05, 0) is 30.3 Å². The number of nitrogens with zero attached hydrogens (tertiary/aromatic N) is 3. The number of hydrogen-bond donors (Lipinski definition) is 0. The van der Waals surface area contributed by atoms with Crippen molar-refractivity contribution < 1.29 is 23.8 Å². The monoisotopic (exact) mass is 473 g/mol. The molecular weight excluding hydrogens is 454 g/mol. The number of ether oxygens (including phenoxy) is 3. The van der Waals surface area contributed by atoms with Gasteiger partial charge in [0.25, 0.3) is 0 Å². The molecule has 0 atom stereocenters. The second-order valence-electron chi connectivity index (χ2n) is 7.28. The molecule has 0 saturated heterocycles. The Kier molecular flexibility index (Phi) is 6.26. The van der Waals surface area contributed by atoms with Crippen molar-refractivity contribution in [2.45, 2.75) is 5.16 Å². The van der Waals surface area contributed by atoms with E-state index in [4.69, 9.17) is 14.2 Å². The van der Waals surface area contributed by atoms with Crippen LogP contribution in [-0.2, 0) is 9.53 Å². The lowest BCUT2D eigenvalue weighted by molar-refractivity contribution is -0.139. The summed E-state index contributed by atoms with van der Waals surface area (Å²) in [5.41, 5.74) is 2.17. The van der Waals surface area contributed by atoms with E-state index in [9.17, 15) is 9.59 Å². The van der Waals surface area contributed by atoms with Crippen molar-refractivity contribution >= 4 is 23.5 Å². The zero-order valence-corrected chi connectivity index (χ0v) is 18.7. The van der Waals surface area contributed by atoms with Crippen LogP contribution in [0.25, 0.3) is 17.1 Å². The average molecular weight is 474 g/mol. The van der Waals surface area contributed by atoms with Gasteiger partial charge in [-0.15, -0.1) is 10.2 Å². The fourth-order valence-electron chi connectivity index (χ4n) is 3.41. The number of fused-ring (bicyclic) bond motifs is 1. The first-order valence-corrected chi connectivity index (χ1v) is 11.4. The second-order valence-corrected chi connectivity index (χ2v) is 8.23. The molecule has 0 radical (unpaired) electrons. The molecule has 5 rings (SSSR count). The van der Waals surface area contributed by atoms with Crippen molar-refractivity contribution in [1.29, 1.82) is 0 Å². The second kappa shape index (κ2) is 9.80. The number of esters is 1. The molecule has 1 aliphatic heterocycles. The molecule has 0 amide bonds. The Morgan fingerprint density at radius 2 is 1.65 bits per heavy atom. The van der Waals surface area contributed by atoms with Crippen LogP contribution in [0.1, 0.15) is 10.4 Å². The summed E-state index contributed by atoms with van der Waals surface area (Å²) in [6, 6.07) is 24.2. The Bertz CT molecular complexity index is 1330. The number of carbonyl (C=O) groups is 2. The van der Waals surface area contributed by atoms with Crippen molar-refractivity contribution in [2.24, 2.45) is 0 Å². The maximum absolute atomic E-state index is 12.4. The van der Waals surface area contributed by atoms with Gasteiger partial charge < -0.3 is 14.2 Å². The van der Waals surface area contributed by atoms with Gasteiger partial charge in [0.1, 0.15) is 0 Å². The Morgan fingerprint density at radius 1 is 0.912 bits per heavy atom. The molecule has 34 heavy (non-hydrogen) atoms. The number of para-hydroxylation sites is 1. The van der Waals surface area contributed by atoms with Crippen LogP contribution in [0.5, 0.6) is 11.5 Å². The molecule has 0 bridgehead atoms. The third kappa shape index (κ3) is 4.65. The predicted molar refractivity (Wildman–Crippen MR) is 125 cm³/mol. The first-order chi connectivity index (χ1) is 16.7. The quantitative estimate of drug-likeness (QED) is 0.214. The van der Waals surface area contributed by atoms with Crippen molar-refractivity contribution in [2.75, 3.05) is 19.2 Å². The minimum absolute atomic E-state index is 0.0197. The molecule has 8 nitrogen and oxygen atoms in total. The largest absolute Gasteiger partial charge is 0.457 e. The Morgan fingerprint density at radius 3 is 2.44 bits per heavy atom. The van der Waals surface area contributed by atoms with E-state index in [1.165, 1.54) is 11.8 Å². The highest BCUT2D eigenvalue weighted by molar-refractivity contribution is 7.99. The van der Waals surface area contributed by atoms with Crippen LogP contribution < -0.4 is 9.47 Å². The first kappa shape index (κ1) is 21.7. The van der Waals surface area contributed by atoms with Gasteiger partial charge in [-0.25, -0.2) is 0 Å². The summed E-state index contributed by atoms with van der Waals surface area (Å²) < 4.78 is 17.6. The molecular formula is C25H19N3O5S. The maximum Gasteiger partial charge on any atom is 0.316 e. The lowest BCUT2D eigenvalue weighted by Gasteiger charge is -2.10. The average Bonchev–Trinajstić information content (AvgIpc) is 3.53. The van der Waals surface area contributed by atoms with E-state index in [1.54, 1.807) is 18.2 Å². The first-order valence-electron chi connectivity index (χ1n) is 10.5.